The van der Waals surface area contributed by atoms with Crippen LogP contribution in [-0.4, -0.2) is 99.3 Å². The number of rotatable bonds is 9. The fraction of sp³-hybridized carbons (Fsp3) is 0.483. The monoisotopic (exact) mass is 518 g/mol. The van der Waals surface area contributed by atoms with E-state index < -0.39 is 0 Å². The van der Waals surface area contributed by atoms with Gasteiger partial charge < -0.3 is 29.1 Å². The molecule has 5 rings (SSSR count). The average molecular weight is 519 g/mol. The molecule has 1 amide bonds. The van der Waals surface area contributed by atoms with Crippen LogP contribution in [0.3, 0.4) is 0 Å². The average Bonchev–Trinajstić information content (AvgIpc) is 3.50. The number of nitrogens with zero attached hydrogens (tertiary/aromatic N) is 6. The van der Waals surface area contributed by atoms with Crippen molar-refractivity contribution in [3.8, 4) is 11.5 Å². The van der Waals surface area contributed by atoms with E-state index in [9.17, 15) is 4.79 Å². The highest BCUT2D eigenvalue weighted by Gasteiger charge is 2.26. The van der Waals surface area contributed by atoms with Crippen LogP contribution in [0.1, 0.15) is 29.6 Å². The molecule has 9 heteroatoms. The van der Waals surface area contributed by atoms with Crippen molar-refractivity contribution in [2.75, 3.05) is 83.4 Å². The number of hydrogen-bond acceptors (Lipinski definition) is 8. The Morgan fingerprint density at radius 3 is 2.34 bits per heavy atom. The zero-order chi connectivity index (χ0) is 26.5. The molecular formula is C29H38N6O3. The van der Waals surface area contributed by atoms with Gasteiger partial charge in [0.25, 0.3) is 5.91 Å². The standard InChI is InChI=1S/C29H38N6O3/c1-32(2)12-9-19-38-26-21-24-23(20-25(26)37-3)27(31-29(30-24)35-13-7-8-14-35)33-15-17-34(18-16-33)28(36)22-10-5-4-6-11-22/h4-6,10-11,20-21H,7-9,12-19H2,1-3H3. The van der Waals surface area contributed by atoms with Crippen LogP contribution in [0.25, 0.3) is 10.9 Å². The van der Waals surface area contributed by atoms with Crippen molar-refractivity contribution in [2.45, 2.75) is 19.3 Å². The first kappa shape index (κ1) is 26.0. The van der Waals surface area contributed by atoms with E-state index in [1.54, 1.807) is 7.11 Å². The summed E-state index contributed by atoms with van der Waals surface area (Å²) in [6.07, 6.45) is 3.23. The van der Waals surface area contributed by atoms with Crippen LogP contribution in [-0.2, 0) is 0 Å². The van der Waals surface area contributed by atoms with Crippen molar-refractivity contribution in [1.82, 2.24) is 19.8 Å². The zero-order valence-electron chi connectivity index (χ0n) is 22.7. The van der Waals surface area contributed by atoms with Gasteiger partial charge in [-0.25, -0.2) is 4.98 Å². The molecule has 3 aromatic rings. The molecule has 0 unspecified atom stereocenters. The van der Waals surface area contributed by atoms with Crippen molar-refractivity contribution in [1.29, 1.82) is 0 Å². The Labute approximate surface area is 224 Å². The zero-order valence-corrected chi connectivity index (χ0v) is 22.7. The quantitative estimate of drug-likeness (QED) is 0.399. The number of aromatic nitrogens is 2. The molecule has 0 N–H and O–H groups in total. The number of benzene rings is 2. The van der Waals surface area contributed by atoms with Gasteiger partial charge in [0.05, 0.1) is 19.2 Å². The van der Waals surface area contributed by atoms with E-state index in [0.717, 1.165) is 67.1 Å². The molecule has 0 atom stereocenters. The molecule has 9 nitrogen and oxygen atoms in total. The molecule has 2 aromatic carbocycles. The maximum atomic E-state index is 13.0. The van der Waals surface area contributed by atoms with Crippen molar-refractivity contribution in [2.24, 2.45) is 0 Å². The largest absolute Gasteiger partial charge is 0.493 e. The highest BCUT2D eigenvalue weighted by molar-refractivity contribution is 5.95. The van der Waals surface area contributed by atoms with E-state index in [1.165, 1.54) is 0 Å². The van der Waals surface area contributed by atoms with Gasteiger partial charge in [0.1, 0.15) is 5.82 Å². The Balaban J connectivity index is 1.42. The number of carbonyl (C=O) groups excluding carboxylic acids is 1. The summed E-state index contributed by atoms with van der Waals surface area (Å²) in [5.74, 6) is 3.11. The predicted octanol–water partition coefficient (Wildman–Crippen LogP) is 3.53. The highest BCUT2D eigenvalue weighted by atomic mass is 16.5. The fourth-order valence-electron chi connectivity index (χ4n) is 5.13. The Morgan fingerprint density at radius 1 is 0.921 bits per heavy atom. The maximum Gasteiger partial charge on any atom is 0.253 e. The van der Waals surface area contributed by atoms with Crippen molar-refractivity contribution in [3.05, 3.63) is 48.0 Å². The predicted molar refractivity (Wildman–Crippen MR) is 151 cm³/mol. The lowest BCUT2D eigenvalue weighted by Gasteiger charge is -2.36. The Morgan fingerprint density at radius 2 is 1.66 bits per heavy atom. The van der Waals surface area contributed by atoms with E-state index in [1.807, 2.05) is 47.4 Å². The molecule has 2 fully saturated rings. The molecule has 3 heterocycles. The molecule has 1 aromatic heterocycles. The molecule has 0 saturated carbocycles. The molecule has 2 aliphatic heterocycles. The minimum Gasteiger partial charge on any atom is -0.493 e. The van der Waals surface area contributed by atoms with E-state index in [0.29, 0.717) is 44.3 Å². The third-order valence-electron chi connectivity index (χ3n) is 7.23. The Kier molecular flexibility index (Phi) is 8.12. The highest BCUT2D eigenvalue weighted by Crippen LogP contribution is 2.37. The van der Waals surface area contributed by atoms with Crippen LogP contribution in [0.15, 0.2) is 42.5 Å². The first-order valence-corrected chi connectivity index (χ1v) is 13.5. The minimum absolute atomic E-state index is 0.0771. The Hall–Kier alpha value is -3.59. The van der Waals surface area contributed by atoms with Gasteiger partial charge >= 0.3 is 0 Å². The maximum absolute atomic E-state index is 13.0. The van der Waals surface area contributed by atoms with E-state index in [4.69, 9.17) is 19.4 Å². The SMILES string of the molecule is COc1cc2c(N3CCN(C(=O)c4ccccc4)CC3)nc(N3CCCC3)nc2cc1OCCCN(C)C. The van der Waals surface area contributed by atoms with E-state index >= 15 is 0 Å². The summed E-state index contributed by atoms with van der Waals surface area (Å²) < 4.78 is 11.9. The number of methoxy groups -OCH3 is 1. The number of anilines is 2. The topological polar surface area (TPSA) is 74.3 Å². The minimum atomic E-state index is 0.0771. The summed E-state index contributed by atoms with van der Waals surface area (Å²) in [5, 5.41) is 0.938. The molecule has 2 saturated heterocycles. The number of fused-ring (bicyclic) bond motifs is 1. The van der Waals surface area contributed by atoms with Gasteiger partial charge in [-0.1, -0.05) is 18.2 Å². The van der Waals surface area contributed by atoms with Crippen molar-refractivity contribution in [3.63, 3.8) is 0 Å². The van der Waals surface area contributed by atoms with Crippen molar-refractivity contribution < 1.29 is 14.3 Å². The Bertz CT molecular complexity index is 1240. The number of ether oxygens (including phenoxy) is 2. The van der Waals surface area contributed by atoms with Gasteiger partial charge in [0.15, 0.2) is 11.5 Å². The van der Waals surface area contributed by atoms with Gasteiger partial charge in [-0.3, -0.25) is 4.79 Å². The third kappa shape index (κ3) is 5.78. The van der Waals surface area contributed by atoms with E-state index in [2.05, 4.69) is 28.8 Å². The van der Waals surface area contributed by atoms with Crippen LogP contribution >= 0.6 is 0 Å². The van der Waals surface area contributed by atoms with E-state index in [-0.39, 0.29) is 5.91 Å². The van der Waals surface area contributed by atoms with Gasteiger partial charge in [-0.05, 0) is 51.6 Å². The number of amides is 1. The van der Waals surface area contributed by atoms with Gasteiger partial charge in [-0.2, -0.15) is 4.98 Å². The second-order valence-electron chi connectivity index (χ2n) is 10.2. The first-order valence-electron chi connectivity index (χ1n) is 13.5. The molecule has 2 aliphatic rings. The van der Waals surface area contributed by atoms with Crippen LogP contribution in [0, 0.1) is 0 Å². The molecule has 0 spiro atoms. The number of piperazine rings is 1. The molecule has 0 aliphatic carbocycles. The second kappa shape index (κ2) is 11.9. The van der Waals surface area contributed by atoms with Crippen LogP contribution in [0.4, 0.5) is 11.8 Å². The summed E-state index contributed by atoms with van der Waals surface area (Å²) in [7, 11) is 5.79. The third-order valence-corrected chi connectivity index (χ3v) is 7.23. The lowest BCUT2D eigenvalue weighted by atomic mass is 10.1. The van der Waals surface area contributed by atoms with Crippen LogP contribution in [0.2, 0.25) is 0 Å². The summed E-state index contributed by atoms with van der Waals surface area (Å²) in [6.45, 7) is 6.19. The van der Waals surface area contributed by atoms with Crippen molar-refractivity contribution >= 4 is 28.6 Å². The molecule has 0 bridgehead atoms. The van der Waals surface area contributed by atoms with Gasteiger partial charge in [0.2, 0.25) is 5.95 Å². The lowest BCUT2D eigenvalue weighted by molar-refractivity contribution is 0.0746. The molecule has 38 heavy (non-hydrogen) atoms. The number of carbonyl (C=O) groups is 1. The lowest BCUT2D eigenvalue weighted by Crippen LogP contribution is -2.49. The van der Waals surface area contributed by atoms with Crippen LogP contribution < -0.4 is 19.3 Å². The smallest absolute Gasteiger partial charge is 0.253 e. The van der Waals surface area contributed by atoms with Gasteiger partial charge in [-0.15, -0.1) is 0 Å². The number of hydrogen-bond donors (Lipinski definition) is 0. The van der Waals surface area contributed by atoms with Crippen LogP contribution in [0.5, 0.6) is 11.5 Å². The summed E-state index contributed by atoms with van der Waals surface area (Å²) in [5.41, 5.74) is 1.58. The molecular weight excluding hydrogens is 480 g/mol. The fourth-order valence-corrected chi connectivity index (χ4v) is 5.13. The molecule has 0 radical (unpaired) electrons. The normalized spacial score (nSPS) is 15.9. The second-order valence-corrected chi connectivity index (χ2v) is 10.2. The summed E-state index contributed by atoms with van der Waals surface area (Å²) >= 11 is 0. The summed E-state index contributed by atoms with van der Waals surface area (Å²) in [6, 6.07) is 13.5. The molecule has 202 valence electrons. The first-order chi connectivity index (χ1) is 18.5. The van der Waals surface area contributed by atoms with Gasteiger partial charge in [0, 0.05) is 62.8 Å². The summed E-state index contributed by atoms with van der Waals surface area (Å²) in [4.78, 5) is 31.6.